The summed E-state index contributed by atoms with van der Waals surface area (Å²) < 4.78 is 19.3. The summed E-state index contributed by atoms with van der Waals surface area (Å²) in [7, 11) is 0. The van der Waals surface area contributed by atoms with Crippen LogP contribution in [0.3, 0.4) is 0 Å². The summed E-state index contributed by atoms with van der Waals surface area (Å²) in [5.74, 6) is 1.20. The van der Waals surface area contributed by atoms with Gasteiger partial charge < -0.3 is 4.90 Å². The molecule has 1 saturated heterocycles. The molecule has 0 spiro atoms. The molecule has 8 heteroatoms. The van der Waals surface area contributed by atoms with Crippen LogP contribution in [0.5, 0.6) is 0 Å². The lowest BCUT2D eigenvalue weighted by Crippen LogP contribution is -2.41. The zero-order chi connectivity index (χ0) is 23.6. The summed E-state index contributed by atoms with van der Waals surface area (Å²) in [6.45, 7) is 4.69. The Balaban J connectivity index is 1.77. The number of nitrogens with zero attached hydrogens (tertiary/aromatic N) is 3. The van der Waals surface area contributed by atoms with E-state index in [1.165, 1.54) is 13.8 Å². The largest absolute Gasteiger partial charge is 0.356 e. The summed E-state index contributed by atoms with van der Waals surface area (Å²) >= 11 is 7.74. The third kappa shape index (κ3) is 5.42. The average Bonchev–Trinajstić information content (AvgIpc) is 2.79. The Hall–Kier alpha value is -2.35. The van der Waals surface area contributed by atoms with Crippen molar-refractivity contribution in [2.24, 2.45) is 0 Å². The first kappa shape index (κ1) is 23.8. The van der Waals surface area contributed by atoms with E-state index in [0.29, 0.717) is 34.0 Å². The van der Waals surface area contributed by atoms with Crippen LogP contribution in [0.1, 0.15) is 32.3 Å². The zero-order valence-electron chi connectivity index (χ0n) is 19.0. The lowest BCUT2D eigenvalue weighted by molar-refractivity contribution is 0.221. The van der Waals surface area contributed by atoms with Crippen LogP contribution in [0.4, 0.5) is 10.2 Å². The van der Waals surface area contributed by atoms with Crippen LogP contribution in [0.25, 0.3) is 17.1 Å². The third-order valence-corrected chi connectivity index (χ3v) is 6.74. The van der Waals surface area contributed by atoms with Gasteiger partial charge in [0.25, 0.3) is 5.56 Å². The van der Waals surface area contributed by atoms with E-state index in [1.807, 2.05) is 18.4 Å². The highest BCUT2D eigenvalue weighted by molar-refractivity contribution is 7.96. The van der Waals surface area contributed by atoms with Gasteiger partial charge in [-0.15, -0.1) is 0 Å². The number of nitrogens with one attached hydrogen (secondary N) is 1. The molecule has 174 valence electrons. The van der Waals surface area contributed by atoms with Crippen LogP contribution in [0.2, 0.25) is 5.02 Å². The van der Waals surface area contributed by atoms with E-state index in [-0.39, 0.29) is 5.56 Å². The van der Waals surface area contributed by atoms with Gasteiger partial charge in [0.1, 0.15) is 17.3 Å². The highest BCUT2D eigenvalue weighted by Gasteiger charge is 2.23. The van der Waals surface area contributed by atoms with Crippen molar-refractivity contribution in [3.8, 4) is 17.1 Å². The van der Waals surface area contributed by atoms with Crippen molar-refractivity contribution in [2.75, 3.05) is 24.2 Å². The molecule has 0 radical (unpaired) electrons. The number of alkyl halides is 1. The summed E-state index contributed by atoms with van der Waals surface area (Å²) in [6, 6.07) is 16.3. The minimum Gasteiger partial charge on any atom is -0.356 e. The van der Waals surface area contributed by atoms with Crippen LogP contribution in [0.15, 0.2) is 59.4 Å². The first-order valence-electron chi connectivity index (χ1n) is 11.0. The van der Waals surface area contributed by atoms with Gasteiger partial charge in [0, 0.05) is 35.8 Å². The number of piperidine rings is 1. The Kier molecular flexibility index (Phi) is 7.12. The molecule has 0 amide bonds. The zero-order valence-corrected chi connectivity index (χ0v) is 20.6. The molecule has 1 fully saturated rings. The lowest BCUT2D eigenvalue weighted by Gasteiger charge is -2.33. The molecule has 1 aromatic heterocycles. The molecular formula is C25H28ClFN4OS. The van der Waals surface area contributed by atoms with E-state index in [9.17, 15) is 9.18 Å². The highest BCUT2D eigenvalue weighted by Crippen LogP contribution is 2.28. The van der Waals surface area contributed by atoms with Gasteiger partial charge in [0.05, 0.1) is 5.69 Å². The number of anilines is 1. The average molecular weight is 487 g/mol. The number of aromatic nitrogens is 2. The van der Waals surface area contributed by atoms with E-state index in [1.54, 1.807) is 59.0 Å². The molecule has 2 aromatic carbocycles. The lowest BCUT2D eigenvalue weighted by atomic mass is 10.00. The van der Waals surface area contributed by atoms with Crippen LogP contribution < -0.4 is 15.2 Å². The van der Waals surface area contributed by atoms with Crippen molar-refractivity contribution in [1.29, 1.82) is 0 Å². The van der Waals surface area contributed by atoms with Crippen molar-refractivity contribution in [3.63, 3.8) is 0 Å². The van der Waals surface area contributed by atoms with Gasteiger partial charge in [-0.05, 0) is 74.9 Å². The van der Waals surface area contributed by atoms with Gasteiger partial charge in [-0.1, -0.05) is 35.7 Å². The summed E-state index contributed by atoms with van der Waals surface area (Å²) in [6.07, 6.45) is 4.01. The Labute approximate surface area is 203 Å². The number of benzene rings is 2. The van der Waals surface area contributed by atoms with E-state index in [2.05, 4.69) is 9.62 Å². The number of hydrogen-bond donors (Lipinski definition) is 1. The Morgan fingerprint density at radius 1 is 1.09 bits per heavy atom. The molecule has 33 heavy (non-hydrogen) atoms. The molecule has 5 nitrogen and oxygen atoms in total. The normalized spacial score (nSPS) is 15.1. The fraction of sp³-hybridized carbons (Fsp3) is 0.360. The summed E-state index contributed by atoms with van der Waals surface area (Å²) in [5.41, 5.74) is 0.342. The maximum absolute atomic E-state index is 14.3. The second kappa shape index (κ2) is 9.87. The van der Waals surface area contributed by atoms with E-state index >= 15 is 0 Å². The molecule has 0 saturated carbocycles. The maximum Gasteiger partial charge on any atom is 0.260 e. The van der Waals surface area contributed by atoms with E-state index in [0.717, 1.165) is 31.5 Å². The molecule has 0 bridgehead atoms. The Morgan fingerprint density at radius 3 is 2.30 bits per heavy atom. The van der Waals surface area contributed by atoms with Crippen molar-refractivity contribution >= 4 is 29.4 Å². The van der Waals surface area contributed by atoms with E-state index in [4.69, 9.17) is 16.6 Å². The van der Waals surface area contributed by atoms with E-state index < -0.39 is 5.67 Å². The van der Waals surface area contributed by atoms with Crippen LogP contribution in [-0.2, 0) is 5.67 Å². The minimum atomic E-state index is -1.46. The smallest absolute Gasteiger partial charge is 0.260 e. The van der Waals surface area contributed by atoms with Gasteiger partial charge in [-0.25, -0.2) is 9.37 Å². The van der Waals surface area contributed by atoms with Crippen molar-refractivity contribution in [1.82, 2.24) is 14.3 Å². The quantitative estimate of drug-likeness (QED) is 0.460. The third-order valence-electron chi connectivity index (χ3n) is 5.92. The topological polar surface area (TPSA) is 50.2 Å². The molecule has 1 aliphatic rings. The molecular weight excluding hydrogens is 459 g/mol. The number of hydrogen-bond acceptors (Lipinski definition) is 5. The molecule has 4 rings (SSSR count). The summed E-state index contributed by atoms with van der Waals surface area (Å²) in [4.78, 5) is 20.5. The second-order valence-corrected chi connectivity index (χ2v) is 9.80. The van der Waals surface area contributed by atoms with Crippen LogP contribution in [-0.4, -0.2) is 34.9 Å². The minimum absolute atomic E-state index is 0.179. The molecule has 0 unspecified atom stereocenters. The monoisotopic (exact) mass is 486 g/mol. The first-order valence-corrected chi connectivity index (χ1v) is 12.6. The predicted octanol–water partition coefficient (Wildman–Crippen LogP) is 5.59. The van der Waals surface area contributed by atoms with Crippen molar-refractivity contribution in [3.05, 3.63) is 75.5 Å². The fourth-order valence-electron chi connectivity index (χ4n) is 4.07. The maximum atomic E-state index is 14.3. The Bertz CT molecular complexity index is 1150. The van der Waals surface area contributed by atoms with Gasteiger partial charge in [-0.3, -0.25) is 14.1 Å². The van der Waals surface area contributed by atoms with Gasteiger partial charge in [-0.2, -0.15) is 0 Å². The van der Waals surface area contributed by atoms with Crippen LogP contribution in [0, 0.1) is 0 Å². The summed E-state index contributed by atoms with van der Waals surface area (Å²) in [5, 5.41) is 0.613. The highest BCUT2D eigenvalue weighted by atomic mass is 35.5. The SMILES string of the molecule is CSNC1CCN(c2cc(=O)n(-c3ccc(C(C)(C)F)cc3)c(-c3ccc(Cl)cc3)n2)CC1. The molecule has 0 atom stereocenters. The number of rotatable bonds is 6. The molecule has 3 aromatic rings. The van der Waals surface area contributed by atoms with Gasteiger partial charge in [0.2, 0.25) is 0 Å². The predicted molar refractivity (Wildman–Crippen MR) is 136 cm³/mol. The molecule has 2 heterocycles. The molecule has 1 N–H and O–H groups in total. The molecule has 0 aliphatic carbocycles. The molecule has 1 aliphatic heterocycles. The second-order valence-electron chi connectivity index (χ2n) is 8.72. The fourth-order valence-corrected chi connectivity index (χ4v) is 4.77. The van der Waals surface area contributed by atoms with Crippen molar-refractivity contribution in [2.45, 2.75) is 38.4 Å². The Morgan fingerprint density at radius 2 is 1.73 bits per heavy atom. The van der Waals surface area contributed by atoms with Crippen molar-refractivity contribution < 1.29 is 4.39 Å². The van der Waals surface area contributed by atoms with Gasteiger partial charge in [0.15, 0.2) is 0 Å². The standard InChI is InChI=1S/C25H28ClFN4OS/c1-25(2,27)18-6-10-21(11-7-18)31-23(32)16-22(30-14-12-20(13-15-30)29-33-3)28-24(31)17-4-8-19(26)9-5-17/h4-11,16,20,29H,12-15H2,1-3H3. The first-order chi connectivity index (χ1) is 15.8. The van der Waals surface area contributed by atoms with Gasteiger partial charge >= 0.3 is 0 Å². The number of halogens is 2. The van der Waals surface area contributed by atoms with Crippen LogP contribution >= 0.6 is 23.5 Å².